The maximum Gasteiger partial charge on any atom is 0.0514 e. The van der Waals surface area contributed by atoms with Crippen LogP contribution in [0.1, 0.15) is 25.7 Å². The molecule has 2 atom stereocenters. The van der Waals surface area contributed by atoms with Crippen LogP contribution in [0.15, 0.2) is 12.2 Å². The smallest absolute Gasteiger partial charge is 0.0514 e. The van der Waals surface area contributed by atoms with Gasteiger partial charge in [0.1, 0.15) is 0 Å². The van der Waals surface area contributed by atoms with Crippen molar-refractivity contribution >= 4 is 0 Å². The first kappa shape index (κ1) is 9.22. The van der Waals surface area contributed by atoms with Gasteiger partial charge in [-0.05, 0) is 37.5 Å². The van der Waals surface area contributed by atoms with E-state index in [1.165, 1.54) is 0 Å². The highest BCUT2D eigenvalue weighted by Crippen LogP contribution is 2.62. The van der Waals surface area contributed by atoms with Gasteiger partial charge in [-0.15, -0.1) is 0 Å². The third-order valence-corrected chi connectivity index (χ3v) is 3.90. The van der Waals surface area contributed by atoms with E-state index in [1.54, 1.807) is 0 Å². The van der Waals surface area contributed by atoms with E-state index < -0.39 is 0 Å². The predicted octanol–water partition coefficient (Wildman–Crippen LogP) is 1.33. The van der Waals surface area contributed by atoms with Crippen molar-refractivity contribution < 1.29 is 10.2 Å². The normalized spacial score (nSPS) is 38.6. The molecule has 2 rings (SSSR count). The SMILES string of the molecule is OCC1(CO)C2CC/C=C\CCC21. The van der Waals surface area contributed by atoms with Crippen LogP contribution in [0.3, 0.4) is 0 Å². The molecule has 0 aromatic rings. The quantitative estimate of drug-likeness (QED) is 0.633. The third-order valence-electron chi connectivity index (χ3n) is 3.90. The van der Waals surface area contributed by atoms with Gasteiger partial charge >= 0.3 is 0 Å². The van der Waals surface area contributed by atoms with Crippen LogP contribution in [0.5, 0.6) is 0 Å². The molecular formula is C11H18O2. The Morgan fingerprint density at radius 3 is 1.85 bits per heavy atom. The van der Waals surface area contributed by atoms with Crippen LogP contribution in [0, 0.1) is 17.3 Å². The van der Waals surface area contributed by atoms with Crippen molar-refractivity contribution in [2.75, 3.05) is 13.2 Å². The topological polar surface area (TPSA) is 40.5 Å². The monoisotopic (exact) mass is 182 g/mol. The maximum atomic E-state index is 9.29. The molecule has 1 fully saturated rings. The van der Waals surface area contributed by atoms with Crippen LogP contribution in [-0.2, 0) is 0 Å². The summed E-state index contributed by atoms with van der Waals surface area (Å²) >= 11 is 0. The number of rotatable bonds is 2. The second kappa shape index (κ2) is 3.43. The zero-order valence-corrected chi connectivity index (χ0v) is 7.95. The maximum absolute atomic E-state index is 9.29. The Labute approximate surface area is 79.3 Å². The Kier molecular flexibility index (Phi) is 2.43. The van der Waals surface area contributed by atoms with Gasteiger partial charge < -0.3 is 10.2 Å². The number of allylic oxidation sites excluding steroid dienone is 2. The second-order valence-electron chi connectivity index (χ2n) is 4.39. The molecule has 0 bridgehead atoms. The molecule has 0 aliphatic heterocycles. The van der Waals surface area contributed by atoms with Gasteiger partial charge in [0, 0.05) is 5.41 Å². The molecule has 13 heavy (non-hydrogen) atoms. The fourth-order valence-electron chi connectivity index (χ4n) is 2.95. The van der Waals surface area contributed by atoms with Crippen LogP contribution < -0.4 is 0 Å². The third kappa shape index (κ3) is 1.32. The zero-order chi connectivity index (χ0) is 9.31. The van der Waals surface area contributed by atoms with Crippen molar-refractivity contribution in [1.29, 1.82) is 0 Å². The first-order chi connectivity index (χ1) is 6.35. The molecule has 0 aromatic heterocycles. The van der Waals surface area contributed by atoms with Crippen molar-refractivity contribution in [3.63, 3.8) is 0 Å². The molecule has 0 radical (unpaired) electrons. The number of aliphatic hydroxyl groups excluding tert-OH is 2. The molecule has 0 aromatic carbocycles. The lowest BCUT2D eigenvalue weighted by Gasteiger charge is -2.10. The molecule has 0 amide bonds. The predicted molar refractivity (Wildman–Crippen MR) is 51.2 cm³/mol. The number of hydrogen-bond donors (Lipinski definition) is 2. The molecule has 2 aliphatic rings. The summed E-state index contributed by atoms with van der Waals surface area (Å²) in [4.78, 5) is 0. The first-order valence-corrected chi connectivity index (χ1v) is 5.22. The summed E-state index contributed by atoms with van der Waals surface area (Å²) in [5, 5.41) is 18.6. The minimum Gasteiger partial charge on any atom is -0.396 e. The van der Waals surface area contributed by atoms with Gasteiger partial charge in [-0.3, -0.25) is 0 Å². The van der Waals surface area contributed by atoms with Gasteiger partial charge in [-0.2, -0.15) is 0 Å². The fourth-order valence-corrected chi connectivity index (χ4v) is 2.95. The zero-order valence-electron chi connectivity index (χ0n) is 7.95. The minimum absolute atomic E-state index is 0.119. The van der Waals surface area contributed by atoms with E-state index in [-0.39, 0.29) is 18.6 Å². The summed E-state index contributed by atoms with van der Waals surface area (Å²) in [6.07, 6.45) is 8.97. The average molecular weight is 182 g/mol. The van der Waals surface area contributed by atoms with Gasteiger partial charge in [0.25, 0.3) is 0 Å². The van der Waals surface area contributed by atoms with Gasteiger partial charge in [0.05, 0.1) is 13.2 Å². The number of fused-ring (bicyclic) bond motifs is 1. The van der Waals surface area contributed by atoms with E-state index in [0.717, 1.165) is 25.7 Å². The highest BCUT2D eigenvalue weighted by Gasteiger charge is 2.62. The summed E-state index contributed by atoms with van der Waals surface area (Å²) in [5.74, 6) is 1.15. The first-order valence-electron chi connectivity index (χ1n) is 5.22. The molecule has 0 spiro atoms. The average Bonchev–Trinajstić information content (AvgIpc) is 2.71. The van der Waals surface area contributed by atoms with Crippen molar-refractivity contribution in [2.45, 2.75) is 25.7 Å². The largest absolute Gasteiger partial charge is 0.396 e. The van der Waals surface area contributed by atoms with E-state index in [9.17, 15) is 10.2 Å². The number of aliphatic hydroxyl groups is 2. The summed E-state index contributed by atoms with van der Waals surface area (Å²) in [5.41, 5.74) is -0.119. The van der Waals surface area contributed by atoms with E-state index in [0.29, 0.717) is 11.8 Å². The van der Waals surface area contributed by atoms with Crippen molar-refractivity contribution in [1.82, 2.24) is 0 Å². The summed E-state index contributed by atoms with van der Waals surface area (Å²) in [6.45, 7) is 0.331. The molecule has 74 valence electrons. The van der Waals surface area contributed by atoms with Gasteiger partial charge in [-0.1, -0.05) is 12.2 Å². The summed E-state index contributed by atoms with van der Waals surface area (Å²) in [6, 6.07) is 0. The summed E-state index contributed by atoms with van der Waals surface area (Å²) < 4.78 is 0. The Morgan fingerprint density at radius 2 is 1.46 bits per heavy atom. The van der Waals surface area contributed by atoms with Gasteiger partial charge in [0.15, 0.2) is 0 Å². The van der Waals surface area contributed by atoms with E-state index in [1.807, 2.05) is 0 Å². The van der Waals surface area contributed by atoms with Gasteiger partial charge in [0.2, 0.25) is 0 Å². The van der Waals surface area contributed by atoms with Crippen molar-refractivity contribution in [3.05, 3.63) is 12.2 Å². The van der Waals surface area contributed by atoms with E-state index in [2.05, 4.69) is 12.2 Å². The second-order valence-corrected chi connectivity index (χ2v) is 4.39. The van der Waals surface area contributed by atoms with Crippen LogP contribution in [-0.4, -0.2) is 23.4 Å². The highest BCUT2D eigenvalue weighted by atomic mass is 16.3. The van der Waals surface area contributed by atoms with Crippen LogP contribution in [0.2, 0.25) is 0 Å². The molecule has 2 heteroatoms. The van der Waals surface area contributed by atoms with Crippen molar-refractivity contribution in [3.8, 4) is 0 Å². The van der Waals surface area contributed by atoms with Crippen LogP contribution >= 0.6 is 0 Å². The van der Waals surface area contributed by atoms with Crippen LogP contribution in [0.25, 0.3) is 0 Å². The Morgan fingerprint density at radius 1 is 1.00 bits per heavy atom. The lowest BCUT2D eigenvalue weighted by atomic mass is 10.0. The van der Waals surface area contributed by atoms with Gasteiger partial charge in [-0.25, -0.2) is 0 Å². The number of hydrogen-bond acceptors (Lipinski definition) is 2. The molecule has 2 nitrogen and oxygen atoms in total. The molecule has 0 saturated heterocycles. The molecular weight excluding hydrogens is 164 g/mol. The molecule has 2 aliphatic carbocycles. The Hall–Kier alpha value is -0.340. The lowest BCUT2D eigenvalue weighted by Crippen LogP contribution is -2.16. The molecule has 2 unspecified atom stereocenters. The highest BCUT2D eigenvalue weighted by molar-refractivity contribution is 5.11. The van der Waals surface area contributed by atoms with E-state index in [4.69, 9.17) is 0 Å². The molecule has 1 saturated carbocycles. The van der Waals surface area contributed by atoms with Crippen LogP contribution in [0.4, 0.5) is 0 Å². The Bertz CT molecular complexity index is 188. The molecule has 2 N–H and O–H groups in total. The lowest BCUT2D eigenvalue weighted by molar-refractivity contribution is 0.111. The standard InChI is InChI=1S/C11H18O2/c12-7-11(8-13)9-5-3-1-2-4-6-10(9)11/h1-2,9-10,12-13H,3-8H2/b2-1-. The van der Waals surface area contributed by atoms with E-state index >= 15 is 0 Å². The fraction of sp³-hybridized carbons (Fsp3) is 0.818. The summed E-state index contributed by atoms with van der Waals surface area (Å²) in [7, 11) is 0. The minimum atomic E-state index is -0.119. The Balaban J connectivity index is 2.05. The molecule has 0 heterocycles. The van der Waals surface area contributed by atoms with Crippen molar-refractivity contribution in [2.24, 2.45) is 17.3 Å².